The zero-order chi connectivity index (χ0) is 10.9. The lowest BCUT2D eigenvalue weighted by Gasteiger charge is -2.21. The van der Waals surface area contributed by atoms with E-state index in [1.54, 1.807) is 0 Å². The summed E-state index contributed by atoms with van der Waals surface area (Å²) in [5, 5.41) is 0. The Labute approximate surface area is 87.0 Å². The van der Waals surface area contributed by atoms with Gasteiger partial charge in [-0.1, -0.05) is 0 Å². The maximum absolute atomic E-state index is 4.23. The van der Waals surface area contributed by atoms with E-state index in [0.717, 1.165) is 0 Å². The lowest BCUT2D eigenvalue weighted by molar-refractivity contribution is 1.40. The quantitative estimate of drug-likeness (QED) is 0.598. The molecule has 2 atom stereocenters. The minimum atomic E-state index is -1.24. The number of nitrogens with one attached hydrogen (secondary N) is 1. The first-order valence-corrected chi connectivity index (χ1v) is 16.1. The van der Waals surface area contributed by atoms with Crippen molar-refractivity contribution in [3.8, 4) is 0 Å². The molecule has 0 aliphatic carbocycles. The molecular formula is C8H23NP2Si2+2. The maximum atomic E-state index is 4.23. The van der Waals surface area contributed by atoms with Crippen LogP contribution >= 0.6 is 14.2 Å². The molecule has 0 aliphatic rings. The van der Waals surface area contributed by atoms with E-state index in [1.807, 2.05) is 0 Å². The van der Waals surface area contributed by atoms with E-state index in [0.29, 0.717) is 0 Å². The van der Waals surface area contributed by atoms with Crippen LogP contribution in [0.15, 0.2) is 0 Å². The van der Waals surface area contributed by atoms with Gasteiger partial charge in [-0.2, -0.15) is 0 Å². The Bertz CT molecular complexity index is 212. The zero-order valence-electron chi connectivity index (χ0n) is 9.81. The Hall–Kier alpha value is 0.734. The third kappa shape index (κ3) is 4.18. The topological polar surface area (TPSA) is 12.0 Å². The standard InChI is InChI=1S/C8H23NP2Si2/c1-10(2)12(5,6)9-13(7,8)11(3)4/h9H,1,3H2,2,4-8H3/q+2. The van der Waals surface area contributed by atoms with Crippen molar-refractivity contribution in [1.82, 2.24) is 4.65 Å². The SMILES string of the molecule is C=[P+](C)[Si](C)(C)N[Si](C)(C)[P+](=C)C. The van der Waals surface area contributed by atoms with Gasteiger partial charge in [0.1, 0.15) is 0 Å². The highest BCUT2D eigenvalue weighted by Gasteiger charge is 2.46. The van der Waals surface area contributed by atoms with Gasteiger partial charge in [0.25, 0.3) is 0 Å². The smallest absolute Gasteiger partial charge is 0.285 e. The second-order valence-corrected chi connectivity index (χ2v) is 26.0. The van der Waals surface area contributed by atoms with Crippen molar-refractivity contribution in [2.24, 2.45) is 0 Å². The maximum Gasteiger partial charge on any atom is 0.352 e. The molecule has 0 spiro atoms. The Morgan fingerprint density at radius 1 is 0.846 bits per heavy atom. The molecule has 1 N–H and O–H groups in total. The van der Waals surface area contributed by atoms with Crippen LogP contribution < -0.4 is 4.65 Å². The van der Waals surface area contributed by atoms with Crippen LogP contribution in [0.5, 0.6) is 0 Å². The van der Waals surface area contributed by atoms with Gasteiger partial charge >= 0.3 is 15.8 Å². The minimum absolute atomic E-state index is 0.0377. The van der Waals surface area contributed by atoms with Crippen molar-refractivity contribution in [3.63, 3.8) is 0 Å². The van der Waals surface area contributed by atoms with Crippen LogP contribution in [0.2, 0.25) is 26.2 Å². The number of rotatable bonds is 4. The van der Waals surface area contributed by atoms with Crippen LogP contribution in [0.4, 0.5) is 0 Å². The Balaban J connectivity index is 4.61. The summed E-state index contributed by atoms with van der Waals surface area (Å²) in [6.07, 6.45) is 8.45. The Morgan fingerprint density at radius 2 is 1.08 bits per heavy atom. The molecule has 1 nitrogen and oxygen atoms in total. The number of hydrogen-bond donors (Lipinski definition) is 1. The molecule has 76 valence electrons. The van der Waals surface area contributed by atoms with Crippen molar-refractivity contribution in [2.75, 3.05) is 13.3 Å². The fourth-order valence-electron chi connectivity index (χ4n) is 0.939. The molecule has 13 heavy (non-hydrogen) atoms. The van der Waals surface area contributed by atoms with E-state index in [2.05, 4.69) is 56.8 Å². The highest BCUT2D eigenvalue weighted by molar-refractivity contribution is 7.96. The monoisotopic (exact) mass is 251 g/mol. The van der Waals surface area contributed by atoms with Crippen LogP contribution in [0.3, 0.4) is 0 Å². The van der Waals surface area contributed by atoms with E-state index in [-0.39, 0.29) is 14.2 Å². The summed E-state index contributed by atoms with van der Waals surface area (Å²) >= 11 is 0. The van der Waals surface area contributed by atoms with Crippen molar-refractivity contribution in [3.05, 3.63) is 0 Å². The van der Waals surface area contributed by atoms with Crippen molar-refractivity contribution < 1.29 is 0 Å². The summed E-state index contributed by atoms with van der Waals surface area (Å²) in [7, 11) is -2.55. The first-order chi connectivity index (χ1) is 5.59. The van der Waals surface area contributed by atoms with Crippen LogP contribution in [0.25, 0.3) is 0 Å². The first kappa shape index (κ1) is 13.7. The first-order valence-electron chi connectivity index (χ1n) is 4.47. The van der Waals surface area contributed by atoms with E-state index < -0.39 is 15.8 Å². The summed E-state index contributed by atoms with van der Waals surface area (Å²) < 4.78 is 3.94. The highest BCUT2D eigenvalue weighted by atomic mass is 31.4. The summed E-state index contributed by atoms with van der Waals surface area (Å²) in [5.41, 5.74) is 0. The average molecular weight is 251 g/mol. The third-order valence-corrected chi connectivity index (χ3v) is 24.7. The van der Waals surface area contributed by atoms with E-state index in [1.165, 1.54) is 0 Å². The van der Waals surface area contributed by atoms with Crippen LogP contribution in [0, 0.1) is 0 Å². The molecule has 0 heterocycles. The van der Waals surface area contributed by atoms with E-state index >= 15 is 0 Å². The van der Waals surface area contributed by atoms with Crippen molar-refractivity contribution in [2.45, 2.75) is 26.2 Å². The second kappa shape index (κ2) is 4.50. The molecule has 0 rings (SSSR count). The second-order valence-electron chi connectivity index (χ2n) is 4.64. The number of hydrogen-bond acceptors (Lipinski definition) is 1. The van der Waals surface area contributed by atoms with Crippen LogP contribution in [0.1, 0.15) is 0 Å². The molecule has 0 bridgehead atoms. The van der Waals surface area contributed by atoms with Gasteiger partial charge in [0, 0.05) is 14.2 Å². The van der Waals surface area contributed by atoms with Gasteiger partial charge < -0.3 is 0 Å². The lowest BCUT2D eigenvalue weighted by Crippen LogP contribution is -2.55. The molecule has 2 unspecified atom stereocenters. The molecule has 0 radical (unpaired) electrons. The minimum Gasteiger partial charge on any atom is -0.285 e. The summed E-state index contributed by atoms with van der Waals surface area (Å²) in [4.78, 5) is 0. The molecular weight excluding hydrogens is 228 g/mol. The molecule has 5 heteroatoms. The summed E-state index contributed by atoms with van der Waals surface area (Å²) in [5.74, 6) is 0. The third-order valence-electron chi connectivity index (χ3n) is 2.52. The van der Waals surface area contributed by atoms with E-state index in [4.69, 9.17) is 0 Å². The molecule has 0 saturated heterocycles. The zero-order valence-corrected chi connectivity index (χ0v) is 13.6. The fraction of sp³-hybridized carbons (Fsp3) is 0.750. The molecule has 0 aromatic rings. The van der Waals surface area contributed by atoms with Crippen molar-refractivity contribution >= 4 is 42.6 Å². The lowest BCUT2D eigenvalue weighted by atomic mass is 11.9. The molecule has 0 amide bonds. The largest absolute Gasteiger partial charge is 0.352 e. The van der Waals surface area contributed by atoms with Gasteiger partial charge in [-0.25, -0.2) is 0 Å². The Kier molecular flexibility index (Phi) is 4.76. The predicted octanol–water partition coefficient (Wildman–Crippen LogP) is 3.07. The van der Waals surface area contributed by atoms with Crippen LogP contribution in [-0.2, 0) is 0 Å². The van der Waals surface area contributed by atoms with Gasteiger partial charge in [-0.15, -0.1) is 0 Å². The van der Waals surface area contributed by atoms with Gasteiger partial charge in [-0.05, 0) is 26.2 Å². The van der Waals surface area contributed by atoms with Gasteiger partial charge in [-0.3, -0.25) is 4.65 Å². The normalized spacial score (nSPS) is 15.5. The van der Waals surface area contributed by atoms with Gasteiger partial charge in [0.15, 0.2) is 0 Å². The van der Waals surface area contributed by atoms with Crippen molar-refractivity contribution in [1.29, 1.82) is 0 Å². The van der Waals surface area contributed by atoms with Crippen LogP contribution in [-0.4, -0.2) is 41.7 Å². The average Bonchev–Trinajstić information content (AvgIpc) is 1.83. The Morgan fingerprint density at radius 3 is 1.23 bits per heavy atom. The molecule has 0 aromatic heterocycles. The van der Waals surface area contributed by atoms with E-state index in [9.17, 15) is 0 Å². The molecule has 0 aromatic carbocycles. The molecule has 0 aliphatic heterocycles. The van der Waals surface area contributed by atoms with Gasteiger partial charge in [0.2, 0.25) is 0 Å². The summed E-state index contributed by atoms with van der Waals surface area (Å²) in [6.45, 7) is 14.2. The predicted molar refractivity (Wildman–Crippen MR) is 78.0 cm³/mol. The van der Waals surface area contributed by atoms with Gasteiger partial charge in [0.05, 0.1) is 25.9 Å². The summed E-state index contributed by atoms with van der Waals surface area (Å²) in [6, 6.07) is 0. The molecule has 0 saturated carbocycles. The highest BCUT2D eigenvalue weighted by Crippen LogP contribution is 2.35. The fourth-order valence-corrected chi connectivity index (χ4v) is 17.7. The molecule has 0 fully saturated rings.